The first-order chi connectivity index (χ1) is 16.2. The van der Waals surface area contributed by atoms with Crippen molar-refractivity contribution in [2.75, 3.05) is 7.05 Å². The molecular formula is C25H21ClF3N5. The van der Waals surface area contributed by atoms with Gasteiger partial charge in [-0.1, -0.05) is 35.9 Å². The molecule has 0 unspecified atom stereocenters. The van der Waals surface area contributed by atoms with E-state index in [0.717, 1.165) is 34.4 Å². The van der Waals surface area contributed by atoms with Crippen LogP contribution in [0.2, 0.25) is 5.02 Å². The van der Waals surface area contributed by atoms with Gasteiger partial charge in [-0.3, -0.25) is 9.99 Å². The maximum absolute atomic E-state index is 12.9. The third-order valence-electron chi connectivity index (χ3n) is 5.24. The molecular weight excluding hydrogens is 463 g/mol. The van der Waals surface area contributed by atoms with Crippen molar-refractivity contribution in [2.45, 2.75) is 12.7 Å². The first kappa shape index (κ1) is 23.5. The van der Waals surface area contributed by atoms with E-state index in [2.05, 4.69) is 10.1 Å². The number of benzene rings is 2. The lowest BCUT2D eigenvalue weighted by molar-refractivity contribution is -0.137. The monoisotopic (exact) mass is 483 g/mol. The van der Waals surface area contributed by atoms with E-state index in [4.69, 9.17) is 16.7 Å². The number of alkyl halides is 3. The number of halogens is 4. The predicted octanol–water partition coefficient (Wildman–Crippen LogP) is 5.77. The standard InChI is InChI=1S/C25H21ClF3N5/c1-33(16-17-3-7-20(8-4-17)25(27,28)29)32-24-23(19-11-13-30-14-12-19)22(15-31-34(24)2)18-5-9-21(26)10-6-18/h3-15H,16H2,1-2H3/b32-24-. The topological polar surface area (TPSA) is 46.3 Å². The van der Waals surface area contributed by atoms with E-state index < -0.39 is 11.7 Å². The zero-order valence-corrected chi connectivity index (χ0v) is 19.2. The van der Waals surface area contributed by atoms with Gasteiger partial charge in [-0.25, -0.2) is 4.68 Å². The van der Waals surface area contributed by atoms with Crippen molar-refractivity contribution in [3.8, 4) is 22.3 Å². The van der Waals surface area contributed by atoms with Crippen LogP contribution in [0.4, 0.5) is 13.2 Å². The molecule has 5 nitrogen and oxygen atoms in total. The summed E-state index contributed by atoms with van der Waals surface area (Å²) in [4.78, 5) is 4.12. The lowest BCUT2D eigenvalue weighted by atomic mass is 9.98. The molecule has 0 saturated heterocycles. The molecule has 0 radical (unpaired) electrons. The molecule has 0 fully saturated rings. The Kier molecular flexibility index (Phi) is 6.70. The first-order valence-electron chi connectivity index (χ1n) is 10.4. The van der Waals surface area contributed by atoms with Crippen molar-refractivity contribution in [2.24, 2.45) is 12.1 Å². The van der Waals surface area contributed by atoms with Crippen LogP contribution in [0.1, 0.15) is 11.1 Å². The Balaban J connectivity index is 1.78. The minimum absolute atomic E-state index is 0.319. The number of pyridine rings is 1. The van der Waals surface area contributed by atoms with Gasteiger partial charge in [0.15, 0.2) is 5.49 Å². The molecule has 0 saturated carbocycles. The van der Waals surface area contributed by atoms with Gasteiger partial charge in [0.2, 0.25) is 0 Å². The summed E-state index contributed by atoms with van der Waals surface area (Å²) in [7, 11) is 3.56. The van der Waals surface area contributed by atoms with E-state index in [0.29, 0.717) is 22.6 Å². The highest BCUT2D eigenvalue weighted by Crippen LogP contribution is 2.30. The van der Waals surface area contributed by atoms with Crippen LogP contribution in [0, 0.1) is 0 Å². The summed E-state index contributed by atoms with van der Waals surface area (Å²) in [5, 5.41) is 11.6. The van der Waals surface area contributed by atoms with Crippen molar-refractivity contribution in [1.29, 1.82) is 0 Å². The molecule has 2 aromatic heterocycles. The molecule has 4 aromatic rings. The minimum Gasteiger partial charge on any atom is -0.294 e. The molecule has 0 bridgehead atoms. The van der Waals surface area contributed by atoms with Crippen molar-refractivity contribution in [3.05, 3.63) is 101 Å². The summed E-state index contributed by atoms with van der Waals surface area (Å²) in [5.74, 6) is 0. The zero-order valence-electron chi connectivity index (χ0n) is 18.5. The maximum atomic E-state index is 12.9. The van der Waals surface area contributed by atoms with Crippen LogP contribution in [-0.2, 0) is 19.8 Å². The molecule has 0 atom stereocenters. The highest BCUT2D eigenvalue weighted by atomic mass is 35.5. The van der Waals surface area contributed by atoms with Crippen LogP contribution < -0.4 is 5.49 Å². The Morgan fingerprint density at radius 1 is 0.941 bits per heavy atom. The smallest absolute Gasteiger partial charge is 0.294 e. The summed E-state index contributed by atoms with van der Waals surface area (Å²) in [6.45, 7) is 0.319. The second kappa shape index (κ2) is 9.69. The number of aromatic nitrogens is 3. The van der Waals surface area contributed by atoms with E-state index >= 15 is 0 Å². The van der Waals surface area contributed by atoms with Crippen molar-refractivity contribution in [1.82, 2.24) is 19.8 Å². The van der Waals surface area contributed by atoms with E-state index in [1.807, 2.05) is 36.4 Å². The molecule has 0 spiro atoms. The van der Waals surface area contributed by atoms with Crippen LogP contribution >= 0.6 is 11.6 Å². The lowest BCUT2D eigenvalue weighted by Gasteiger charge is -2.17. The predicted molar refractivity (Wildman–Crippen MR) is 125 cm³/mol. The summed E-state index contributed by atoms with van der Waals surface area (Å²) in [6, 6.07) is 16.3. The Labute approximate surface area is 199 Å². The molecule has 174 valence electrons. The van der Waals surface area contributed by atoms with Crippen molar-refractivity contribution in [3.63, 3.8) is 0 Å². The van der Waals surface area contributed by atoms with E-state index in [1.54, 1.807) is 42.4 Å². The van der Waals surface area contributed by atoms with Gasteiger partial charge in [-0.2, -0.15) is 23.4 Å². The third-order valence-corrected chi connectivity index (χ3v) is 5.49. The van der Waals surface area contributed by atoms with Gasteiger partial charge >= 0.3 is 6.18 Å². The van der Waals surface area contributed by atoms with E-state index in [1.165, 1.54) is 12.1 Å². The molecule has 0 aliphatic rings. The Hall–Kier alpha value is -3.65. The van der Waals surface area contributed by atoms with Gasteiger partial charge in [0.05, 0.1) is 18.3 Å². The molecule has 34 heavy (non-hydrogen) atoms. The average molecular weight is 484 g/mol. The number of hydrogen-bond acceptors (Lipinski definition) is 4. The summed E-state index contributed by atoms with van der Waals surface area (Å²) >= 11 is 6.08. The van der Waals surface area contributed by atoms with Crippen LogP contribution in [0.15, 0.2) is 84.4 Å². The molecule has 9 heteroatoms. The van der Waals surface area contributed by atoms with Crippen LogP contribution in [-0.4, -0.2) is 26.8 Å². The van der Waals surface area contributed by atoms with E-state index in [-0.39, 0.29) is 0 Å². The fourth-order valence-corrected chi connectivity index (χ4v) is 3.70. The summed E-state index contributed by atoms with van der Waals surface area (Å²) in [6.07, 6.45) is 0.817. The molecule has 0 aliphatic heterocycles. The quantitative estimate of drug-likeness (QED) is 0.339. The minimum atomic E-state index is -4.37. The number of nitrogens with zero attached hydrogens (tertiary/aromatic N) is 5. The lowest BCUT2D eigenvalue weighted by Crippen LogP contribution is -2.28. The molecule has 4 rings (SSSR count). The third kappa shape index (κ3) is 5.28. The zero-order chi connectivity index (χ0) is 24.3. The maximum Gasteiger partial charge on any atom is 0.416 e. The van der Waals surface area contributed by atoms with E-state index in [9.17, 15) is 13.2 Å². The van der Waals surface area contributed by atoms with Gasteiger partial charge < -0.3 is 0 Å². The fourth-order valence-electron chi connectivity index (χ4n) is 3.57. The number of aryl methyl sites for hydroxylation is 1. The van der Waals surface area contributed by atoms with Gasteiger partial charge in [0.25, 0.3) is 0 Å². The molecule has 0 N–H and O–H groups in total. The van der Waals surface area contributed by atoms with Crippen LogP contribution in [0.5, 0.6) is 0 Å². The highest BCUT2D eigenvalue weighted by Gasteiger charge is 2.29. The molecule has 0 aliphatic carbocycles. The van der Waals surface area contributed by atoms with Gasteiger partial charge in [0.1, 0.15) is 0 Å². The SMILES string of the molecule is CN(Cc1ccc(C(F)(F)F)cc1)/N=c1/c(-c2ccncc2)c(-c2ccc(Cl)cc2)cnn1C. The van der Waals surface area contributed by atoms with Gasteiger partial charge in [-0.05, 0) is 53.1 Å². The molecule has 2 heterocycles. The fraction of sp³-hybridized carbons (Fsp3) is 0.160. The van der Waals surface area contributed by atoms with Gasteiger partial charge in [0, 0.05) is 42.6 Å². The Morgan fingerprint density at radius 2 is 1.59 bits per heavy atom. The number of hydrogen-bond donors (Lipinski definition) is 0. The Morgan fingerprint density at radius 3 is 2.21 bits per heavy atom. The second-order valence-corrected chi connectivity index (χ2v) is 8.17. The van der Waals surface area contributed by atoms with Crippen LogP contribution in [0.25, 0.3) is 22.3 Å². The highest BCUT2D eigenvalue weighted by molar-refractivity contribution is 6.30. The molecule has 0 amide bonds. The summed E-state index contributed by atoms with van der Waals surface area (Å²) < 4.78 is 40.3. The second-order valence-electron chi connectivity index (χ2n) is 7.73. The number of rotatable bonds is 5. The van der Waals surface area contributed by atoms with Crippen LogP contribution in [0.3, 0.4) is 0 Å². The Bertz CT molecular complexity index is 1330. The first-order valence-corrected chi connectivity index (χ1v) is 10.7. The largest absolute Gasteiger partial charge is 0.416 e. The normalized spacial score (nSPS) is 12.1. The average Bonchev–Trinajstić information content (AvgIpc) is 2.81. The van der Waals surface area contributed by atoms with Gasteiger partial charge in [-0.15, -0.1) is 0 Å². The van der Waals surface area contributed by atoms with Crippen molar-refractivity contribution >= 4 is 11.6 Å². The van der Waals surface area contributed by atoms with Crippen molar-refractivity contribution < 1.29 is 13.2 Å². The summed E-state index contributed by atoms with van der Waals surface area (Å²) in [5.41, 5.74) is 4.15. The molecule has 2 aromatic carbocycles.